The Balaban J connectivity index is -0.0000000621. The SMILES string of the molecule is CCC.CCC.CCCCC.CCCCC. The van der Waals surface area contributed by atoms with Crippen molar-refractivity contribution < 1.29 is 0 Å². The zero-order valence-electron chi connectivity index (χ0n) is 13.7. The predicted octanol–water partition coefficient (Wildman–Crippen LogP) is 7.23. The first-order chi connectivity index (χ1) is 7.66. The van der Waals surface area contributed by atoms with Gasteiger partial charge in [0.05, 0.1) is 0 Å². The van der Waals surface area contributed by atoms with Crippen molar-refractivity contribution in [3.63, 3.8) is 0 Å². The van der Waals surface area contributed by atoms with Crippen molar-refractivity contribution in [2.45, 2.75) is 107 Å². The van der Waals surface area contributed by atoms with E-state index in [1.807, 2.05) is 0 Å². The Morgan fingerprint density at radius 3 is 0.500 bits per heavy atom. The van der Waals surface area contributed by atoms with Gasteiger partial charge in [-0.15, -0.1) is 0 Å². The van der Waals surface area contributed by atoms with Crippen molar-refractivity contribution in [1.29, 1.82) is 0 Å². The predicted molar refractivity (Wildman–Crippen MR) is 82.3 cm³/mol. The maximum atomic E-state index is 2.21. The lowest BCUT2D eigenvalue weighted by atomic mass is 10.3. The quantitative estimate of drug-likeness (QED) is 0.480. The van der Waals surface area contributed by atoms with Crippen molar-refractivity contribution in [2.75, 3.05) is 0 Å². The minimum Gasteiger partial charge on any atom is -0.0656 e. The molecule has 16 heavy (non-hydrogen) atoms. The van der Waals surface area contributed by atoms with Crippen LogP contribution in [0, 0.1) is 0 Å². The third kappa shape index (κ3) is 148. The molecule has 104 valence electrons. The Kier molecular flexibility index (Phi) is 71.8. The summed E-state index contributed by atoms with van der Waals surface area (Å²) >= 11 is 0. The van der Waals surface area contributed by atoms with E-state index in [1.165, 1.54) is 51.4 Å². The minimum atomic E-state index is 1.25. The molecule has 0 N–H and O–H groups in total. The van der Waals surface area contributed by atoms with E-state index in [1.54, 1.807) is 0 Å². The molecule has 0 fully saturated rings. The molecule has 0 unspecified atom stereocenters. The van der Waals surface area contributed by atoms with Crippen LogP contribution < -0.4 is 0 Å². The highest BCUT2D eigenvalue weighted by Gasteiger charge is 1.68. The first-order valence-electron chi connectivity index (χ1n) is 7.66. The fourth-order valence-corrected chi connectivity index (χ4v) is 0.707. The summed E-state index contributed by atoms with van der Waals surface area (Å²) in [5.41, 5.74) is 0. The van der Waals surface area contributed by atoms with Gasteiger partial charge in [0, 0.05) is 0 Å². The summed E-state index contributed by atoms with van der Waals surface area (Å²) in [5.74, 6) is 0. The van der Waals surface area contributed by atoms with Crippen LogP contribution in [0.3, 0.4) is 0 Å². The number of unbranched alkanes of at least 4 members (excludes halogenated alkanes) is 4. The average Bonchev–Trinajstić information content (AvgIpc) is 2.23. The van der Waals surface area contributed by atoms with Gasteiger partial charge in [-0.3, -0.25) is 0 Å². The molecule has 0 amide bonds. The maximum Gasteiger partial charge on any atom is -0.0538 e. The van der Waals surface area contributed by atoms with E-state index in [0.29, 0.717) is 0 Å². The van der Waals surface area contributed by atoms with Gasteiger partial charge >= 0.3 is 0 Å². The lowest BCUT2D eigenvalue weighted by molar-refractivity contribution is 0.772. The highest BCUT2D eigenvalue weighted by molar-refractivity contribution is 4.24. The molecule has 0 aromatic carbocycles. The van der Waals surface area contributed by atoms with Crippen LogP contribution in [0.1, 0.15) is 107 Å². The molecule has 0 radical (unpaired) electrons. The molecule has 0 nitrogen and oxygen atoms in total. The number of hydrogen-bond acceptors (Lipinski definition) is 0. The molecule has 0 aliphatic rings. The van der Waals surface area contributed by atoms with Crippen LogP contribution in [0.2, 0.25) is 0 Å². The van der Waals surface area contributed by atoms with Gasteiger partial charge in [0.25, 0.3) is 0 Å². The number of hydrogen-bond donors (Lipinski definition) is 0. The standard InChI is InChI=1S/2C5H12.2C3H8/c2*1-3-5-4-2;2*1-3-2/h2*3-5H2,1-2H3;2*3H2,1-2H3. The lowest BCUT2D eigenvalue weighted by Crippen LogP contribution is -1.59. The van der Waals surface area contributed by atoms with Crippen LogP contribution in [0.25, 0.3) is 0 Å². The van der Waals surface area contributed by atoms with E-state index >= 15 is 0 Å². The zero-order chi connectivity index (χ0) is 13.7. The van der Waals surface area contributed by atoms with E-state index in [2.05, 4.69) is 55.4 Å². The van der Waals surface area contributed by atoms with Gasteiger partial charge in [0.1, 0.15) is 0 Å². The zero-order valence-corrected chi connectivity index (χ0v) is 13.7. The fraction of sp³-hybridized carbons (Fsp3) is 1.00. The van der Waals surface area contributed by atoms with Gasteiger partial charge in [0.15, 0.2) is 0 Å². The van der Waals surface area contributed by atoms with Crippen molar-refractivity contribution in [2.24, 2.45) is 0 Å². The molecule has 0 rings (SSSR count). The summed E-state index contributed by atoms with van der Waals surface area (Å²) < 4.78 is 0. The Labute approximate surface area is 107 Å². The highest BCUT2D eigenvalue weighted by Crippen LogP contribution is 1.88. The summed E-state index contributed by atoms with van der Waals surface area (Å²) in [6.45, 7) is 17.3. The second kappa shape index (κ2) is 45.9. The molecule has 0 saturated heterocycles. The molecule has 0 aliphatic heterocycles. The van der Waals surface area contributed by atoms with Crippen LogP contribution >= 0.6 is 0 Å². The van der Waals surface area contributed by atoms with E-state index in [9.17, 15) is 0 Å². The summed E-state index contributed by atoms with van der Waals surface area (Å²) in [5, 5.41) is 0. The average molecular weight is 232 g/mol. The van der Waals surface area contributed by atoms with Gasteiger partial charge < -0.3 is 0 Å². The first-order valence-corrected chi connectivity index (χ1v) is 7.66. The highest BCUT2D eigenvalue weighted by atomic mass is 13.7. The van der Waals surface area contributed by atoms with E-state index < -0.39 is 0 Å². The third-order valence-electron chi connectivity index (χ3n) is 1.41. The minimum absolute atomic E-state index is 1.25. The molecule has 0 aromatic heterocycles. The van der Waals surface area contributed by atoms with Crippen molar-refractivity contribution in [3.8, 4) is 0 Å². The molecule has 0 heteroatoms. The van der Waals surface area contributed by atoms with Crippen LogP contribution in [0.15, 0.2) is 0 Å². The van der Waals surface area contributed by atoms with Gasteiger partial charge in [0.2, 0.25) is 0 Å². The molecular formula is C16H40. The Morgan fingerprint density at radius 2 is 0.500 bits per heavy atom. The molecule has 0 atom stereocenters. The first kappa shape index (κ1) is 25.0. The molecule has 0 spiro atoms. The van der Waals surface area contributed by atoms with Gasteiger partial charge in [-0.2, -0.15) is 0 Å². The van der Waals surface area contributed by atoms with Gasteiger partial charge in [-0.25, -0.2) is 0 Å². The molecule has 0 bridgehead atoms. The second-order valence-electron chi connectivity index (χ2n) is 4.12. The molecule has 0 aliphatic carbocycles. The van der Waals surface area contributed by atoms with Crippen LogP contribution in [0.4, 0.5) is 0 Å². The van der Waals surface area contributed by atoms with E-state index in [0.717, 1.165) is 0 Å². The fourth-order valence-electron chi connectivity index (χ4n) is 0.707. The lowest BCUT2D eigenvalue weighted by Gasteiger charge is -1.79. The molecule has 0 saturated carbocycles. The molecule has 0 aromatic rings. The topological polar surface area (TPSA) is 0 Å². The Morgan fingerprint density at radius 1 is 0.375 bits per heavy atom. The Hall–Kier alpha value is 0. The molecule has 0 heterocycles. The Bertz CT molecular complexity index is 36.0. The summed E-state index contributed by atoms with van der Waals surface area (Å²) in [6.07, 6.45) is 10.7. The van der Waals surface area contributed by atoms with Crippen LogP contribution in [-0.4, -0.2) is 0 Å². The van der Waals surface area contributed by atoms with Crippen LogP contribution in [-0.2, 0) is 0 Å². The summed E-state index contributed by atoms with van der Waals surface area (Å²) in [6, 6.07) is 0. The summed E-state index contributed by atoms with van der Waals surface area (Å²) in [4.78, 5) is 0. The van der Waals surface area contributed by atoms with Crippen LogP contribution in [0.5, 0.6) is 0 Å². The van der Waals surface area contributed by atoms with Crippen molar-refractivity contribution >= 4 is 0 Å². The second-order valence-corrected chi connectivity index (χ2v) is 4.12. The third-order valence-corrected chi connectivity index (χ3v) is 1.41. The summed E-state index contributed by atoms with van der Waals surface area (Å²) in [7, 11) is 0. The number of rotatable bonds is 4. The normalized spacial score (nSPS) is 7.50. The van der Waals surface area contributed by atoms with Crippen molar-refractivity contribution in [1.82, 2.24) is 0 Å². The van der Waals surface area contributed by atoms with Gasteiger partial charge in [-0.1, -0.05) is 107 Å². The monoisotopic (exact) mass is 232 g/mol. The van der Waals surface area contributed by atoms with E-state index in [-0.39, 0.29) is 0 Å². The molecular weight excluding hydrogens is 192 g/mol. The van der Waals surface area contributed by atoms with E-state index in [4.69, 9.17) is 0 Å². The largest absolute Gasteiger partial charge is 0.0656 e. The maximum absolute atomic E-state index is 2.21. The van der Waals surface area contributed by atoms with Gasteiger partial charge in [-0.05, 0) is 0 Å². The van der Waals surface area contributed by atoms with Crippen molar-refractivity contribution in [3.05, 3.63) is 0 Å². The smallest absolute Gasteiger partial charge is 0.0538 e.